The number of esters is 1. The molecule has 1 atom stereocenters. The first-order valence-electron chi connectivity index (χ1n) is 11.3. The number of ether oxygens (including phenoxy) is 2. The van der Waals surface area contributed by atoms with Gasteiger partial charge in [-0.25, -0.2) is 13.5 Å². The normalized spacial score (nSPS) is 15.5. The molecule has 0 spiro atoms. The summed E-state index contributed by atoms with van der Waals surface area (Å²) in [5.74, 6) is -0.557. The van der Waals surface area contributed by atoms with Crippen molar-refractivity contribution < 1.29 is 23.9 Å². The van der Waals surface area contributed by atoms with Gasteiger partial charge in [-0.1, -0.05) is 0 Å². The van der Waals surface area contributed by atoms with E-state index in [1.807, 2.05) is 12.1 Å². The standard InChI is InChI=1S/C23H35BrN4O5/c1-6-32-21(30)20(16-28(24)22(31)33-23(3,4)5)27(17(2)29)15-18-9-13-26(14-10-18)19-7-11-25-12-8-19/h7-8,11-12,18,20H,6,9-10,13-16H2,1-5H3. The Kier molecular flexibility index (Phi) is 9.94. The Morgan fingerprint density at radius 2 is 1.82 bits per heavy atom. The van der Waals surface area contributed by atoms with E-state index in [0.717, 1.165) is 35.5 Å². The second kappa shape index (κ2) is 12.2. The molecule has 184 valence electrons. The fourth-order valence-electron chi connectivity index (χ4n) is 3.76. The molecular formula is C23H35BrN4O5. The maximum absolute atomic E-state index is 12.8. The van der Waals surface area contributed by atoms with Gasteiger partial charge in [0.1, 0.15) is 11.6 Å². The number of aromatic nitrogens is 1. The van der Waals surface area contributed by atoms with E-state index < -0.39 is 23.7 Å². The fraction of sp³-hybridized carbons (Fsp3) is 0.652. The Labute approximate surface area is 204 Å². The Bertz CT molecular complexity index is 794. The highest BCUT2D eigenvalue weighted by molar-refractivity contribution is 9.07. The minimum absolute atomic E-state index is 0.0802. The molecule has 1 aromatic rings. The lowest BCUT2D eigenvalue weighted by Gasteiger charge is -2.38. The molecule has 1 unspecified atom stereocenters. The zero-order valence-corrected chi connectivity index (χ0v) is 21.7. The van der Waals surface area contributed by atoms with Crippen LogP contribution in [0.4, 0.5) is 10.5 Å². The van der Waals surface area contributed by atoms with Crippen molar-refractivity contribution in [1.82, 2.24) is 13.8 Å². The van der Waals surface area contributed by atoms with E-state index in [2.05, 4.69) is 26.0 Å². The molecule has 10 heteroatoms. The third kappa shape index (κ3) is 8.49. The molecule has 2 heterocycles. The van der Waals surface area contributed by atoms with Crippen molar-refractivity contribution >= 4 is 39.8 Å². The fourth-order valence-corrected chi connectivity index (χ4v) is 4.11. The molecule has 2 rings (SSSR count). The van der Waals surface area contributed by atoms with Crippen LogP contribution in [0, 0.1) is 5.92 Å². The minimum Gasteiger partial charge on any atom is -0.464 e. The highest BCUT2D eigenvalue weighted by atomic mass is 79.9. The van der Waals surface area contributed by atoms with Gasteiger partial charge in [0.2, 0.25) is 5.91 Å². The molecule has 1 fully saturated rings. The van der Waals surface area contributed by atoms with Gasteiger partial charge in [0.25, 0.3) is 0 Å². The van der Waals surface area contributed by atoms with E-state index >= 15 is 0 Å². The summed E-state index contributed by atoms with van der Waals surface area (Å²) in [6, 6.07) is 3.04. The van der Waals surface area contributed by atoms with Crippen LogP contribution in [0.3, 0.4) is 0 Å². The van der Waals surface area contributed by atoms with E-state index in [-0.39, 0.29) is 25.0 Å². The lowest BCUT2D eigenvalue weighted by molar-refractivity contribution is -0.155. The number of hydrogen-bond acceptors (Lipinski definition) is 7. The molecule has 1 aliphatic rings. The number of hydrogen-bond donors (Lipinski definition) is 0. The Hall–Kier alpha value is -2.36. The summed E-state index contributed by atoms with van der Waals surface area (Å²) >= 11 is 3.19. The van der Waals surface area contributed by atoms with Crippen LogP contribution < -0.4 is 4.90 Å². The summed E-state index contributed by atoms with van der Waals surface area (Å²) in [4.78, 5) is 45.7. The maximum Gasteiger partial charge on any atom is 0.420 e. The van der Waals surface area contributed by atoms with E-state index in [0.29, 0.717) is 6.54 Å². The third-order valence-corrected chi connectivity index (χ3v) is 5.94. The number of amides is 2. The van der Waals surface area contributed by atoms with Gasteiger partial charge in [-0.3, -0.25) is 9.78 Å². The number of nitrogens with zero attached hydrogens (tertiary/aromatic N) is 4. The SMILES string of the molecule is CCOC(=O)C(CN(Br)C(=O)OC(C)(C)C)N(CC1CCN(c2ccncc2)CC1)C(C)=O. The third-order valence-electron chi connectivity index (χ3n) is 5.36. The highest BCUT2D eigenvalue weighted by Gasteiger charge is 2.35. The van der Waals surface area contributed by atoms with Gasteiger partial charge in [0.15, 0.2) is 0 Å². The van der Waals surface area contributed by atoms with Crippen LogP contribution >= 0.6 is 16.1 Å². The molecule has 0 aliphatic carbocycles. The highest BCUT2D eigenvalue weighted by Crippen LogP contribution is 2.25. The predicted molar refractivity (Wildman–Crippen MR) is 129 cm³/mol. The molecular weight excluding hydrogens is 492 g/mol. The molecule has 0 aromatic carbocycles. The molecule has 2 amide bonds. The van der Waals surface area contributed by atoms with E-state index in [4.69, 9.17) is 9.47 Å². The zero-order chi connectivity index (χ0) is 24.6. The molecule has 0 saturated carbocycles. The second-order valence-electron chi connectivity index (χ2n) is 9.10. The lowest BCUT2D eigenvalue weighted by Crippen LogP contribution is -2.53. The monoisotopic (exact) mass is 526 g/mol. The number of pyridine rings is 1. The van der Waals surface area contributed by atoms with Gasteiger partial charge in [0.05, 0.1) is 29.3 Å². The lowest BCUT2D eigenvalue weighted by atomic mass is 9.95. The molecule has 0 bridgehead atoms. The van der Waals surface area contributed by atoms with E-state index in [9.17, 15) is 14.4 Å². The smallest absolute Gasteiger partial charge is 0.420 e. The number of piperidine rings is 1. The van der Waals surface area contributed by atoms with E-state index in [1.54, 1.807) is 40.1 Å². The van der Waals surface area contributed by atoms with Crippen molar-refractivity contribution in [2.75, 3.05) is 37.7 Å². The minimum atomic E-state index is -0.937. The largest absolute Gasteiger partial charge is 0.464 e. The summed E-state index contributed by atoms with van der Waals surface area (Å²) in [6.07, 6.45) is 4.68. The molecule has 1 aliphatic heterocycles. The van der Waals surface area contributed by atoms with Crippen LogP contribution in [0.2, 0.25) is 0 Å². The molecule has 1 saturated heterocycles. The number of anilines is 1. The van der Waals surface area contributed by atoms with Crippen molar-refractivity contribution in [3.63, 3.8) is 0 Å². The van der Waals surface area contributed by atoms with Crippen molar-refractivity contribution in [3.8, 4) is 0 Å². The van der Waals surface area contributed by atoms with Crippen LogP contribution in [0.25, 0.3) is 0 Å². The van der Waals surface area contributed by atoms with Crippen molar-refractivity contribution in [3.05, 3.63) is 24.5 Å². The molecule has 1 aromatic heterocycles. The molecule has 9 nitrogen and oxygen atoms in total. The second-order valence-corrected chi connectivity index (χ2v) is 9.96. The molecule has 0 radical (unpaired) electrons. The summed E-state index contributed by atoms with van der Waals surface area (Å²) in [6.45, 7) is 10.6. The average Bonchev–Trinajstić information content (AvgIpc) is 2.75. The quantitative estimate of drug-likeness (QED) is 0.377. The number of carbonyl (C=O) groups excluding carboxylic acids is 3. The Balaban J connectivity index is 2.08. The zero-order valence-electron chi connectivity index (χ0n) is 20.1. The number of halogens is 1. The molecule has 33 heavy (non-hydrogen) atoms. The van der Waals surface area contributed by atoms with Crippen LogP contribution in [0.5, 0.6) is 0 Å². The van der Waals surface area contributed by atoms with Crippen LogP contribution in [-0.2, 0) is 19.1 Å². The number of rotatable bonds is 8. The first-order valence-corrected chi connectivity index (χ1v) is 12.0. The van der Waals surface area contributed by atoms with Gasteiger partial charge in [-0.2, -0.15) is 0 Å². The van der Waals surface area contributed by atoms with Crippen LogP contribution in [-0.4, -0.2) is 76.2 Å². The van der Waals surface area contributed by atoms with Gasteiger partial charge in [-0.15, -0.1) is 0 Å². The van der Waals surface area contributed by atoms with Gasteiger partial charge >= 0.3 is 12.1 Å². The van der Waals surface area contributed by atoms with Crippen molar-refractivity contribution in [1.29, 1.82) is 0 Å². The topological polar surface area (TPSA) is 92.3 Å². The van der Waals surface area contributed by atoms with Crippen LogP contribution in [0.15, 0.2) is 24.5 Å². The van der Waals surface area contributed by atoms with Crippen molar-refractivity contribution in [2.45, 2.75) is 59.1 Å². The number of carbonyl (C=O) groups is 3. The van der Waals surface area contributed by atoms with Gasteiger partial charge in [0, 0.05) is 44.6 Å². The first-order chi connectivity index (χ1) is 15.5. The van der Waals surface area contributed by atoms with Crippen LogP contribution in [0.1, 0.15) is 47.5 Å². The van der Waals surface area contributed by atoms with Crippen molar-refractivity contribution in [2.24, 2.45) is 5.92 Å². The molecule has 0 N–H and O–H groups in total. The summed E-state index contributed by atoms with van der Waals surface area (Å²) < 4.78 is 11.7. The summed E-state index contributed by atoms with van der Waals surface area (Å²) in [7, 11) is 0. The summed E-state index contributed by atoms with van der Waals surface area (Å²) in [5.41, 5.74) is 0.439. The Morgan fingerprint density at radius 1 is 1.21 bits per heavy atom. The van der Waals surface area contributed by atoms with Gasteiger partial charge in [-0.05, 0) is 58.6 Å². The Morgan fingerprint density at radius 3 is 2.33 bits per heavy atom. The average molecular weight is 527 g/mol. The maximum atomic E-state index is 12.8. The predicted octanol–water partition coefficient (Wildman–Crippen LogP) is 3.63. The van der Waals surface area contributed by atoms with E-state index in [1.165, 1.54) is 11.8 Å². The van der Waals surface area contributed by atoms with Gasteiger partial charge < -0.3 is 19.3 Å². The summed E-state index contributed by atoms with van der Waals surface area (Å²) in [5, 5.41) is 0. The first kappa shape index (κ1) is 26.9.